The van der Waals surface area contributed by atoms with E-state index < -0.39 is 0 Å². The van der Waals surface area contributed by atoms with E-state index in [0.29, 0.717) is 0 Å². The van der Waals surface area contributed by atoms with E-state index in [-0.39, 0.29) is 0 Å². The number of rotatable bonds is 5. The smallest absolute Gasteiger partial charge is 0.0766 e. The molecule has 3 nitrogen and oxygen atoms in total. The van der Waals surface area contributed by atoms with E-state index in [2.05, 4.69) is 33.3 Å². The lowest BCUT2D eigenvalue weighted by Gasteiger charge is -2.04. The van der Waals surface area contributed by atoms with Crippen LogP contribution in [0.3, 0.4) is 0 Å². The summed E-state index contributed by atoms with van der Waals surface area (Å²) in [4.78, 5) is 0. The van der Waals surface area contributed by atoms with Crippen molar-refractivity contribution in [3.63, 3.8) is 0 Å². The Morgan fingerprint density at radius 2 is 2.27 bits per heavy atom. The summed E-state index contributed by atoms with van der Waals surface area (Å²) < 4.78 is 3.20. The molecule has 2 rings (SSSR count). The van der Waals surface area contributed by atoms with Crippen LogP contribution in [0.4, 0.5) is 0 Å². The van der Waals surface area contributed by atoms with Crippen molar-refractivity contribution in [3.05, 3.63) is 15.9 Å². The number of hydrogen-bond donors (Lipinski definition) is 1. The van der Waals surface area contributed by atoms with Gasteiger partial charge in [0.15, 0.2) is 0 Å². The molecule has 0 radical (unpaired) electrons. The Hall–Kier alpha value is -0.350. The van der Waals surface area contributed by atoms with Gasteiger partial charge in [0.25, 0.3) is 0 Å². The molecule has 0 bridgehead atoms. The molecule has 0 aromatic carbocycles. The minimum Gasteiger partial charge on any atom is -0.314 e. The number of aromatic nitrogens is 2. The highest BCUT2D eigenvalue weighted by Crippen LogP contribution is 2.22. The summed E-state index contributed by atoms with van der Waals surface area (Å²) in [6.45, 7) is 3.20. The van der Waals surface area contributed by atoms with E-state index in [1.54, 1.807) is 0 Å². The first-order valence-corrected chi connectivity index (χ1v) is 6.45. The van der Waals surface area contributed by atoms with Crippen LogP contribution in [-0.4, -0.2) is 22.4 Å². The first-order chi connectivity index (χ1) is 7.22. The van der Waals surface area contributed by atoms with Gasteiger partial charge in [-0.05, 0) is 35.2 Å². The van der Waals surface area contributed by atoms with Gasteiger partial charge < -0.3 is 5.32 Å². The Kier molecular flexibility index (Phi) is 3.46. The monoisotopic (exact) mass is 271 g/mol. The van der Waals surface area contributed by atoms with Gasteiger partial charge >= 0.3 is 0 Å². The maximum absolute atomic E-state index is 4.48. The molecule has 0 aliphatic heterocycles. The van der Waals surface area contributed by atoms with E-state index in [1.807, 2.05) is 11.7 Å². The maximum Gasteiger partial charge on any atom is 0.0766 e. The molecular weight excluding hydrogens is 254 g/mol. The van der Waals surface area contributed by atoms with Crippen LogP contribution in [0, 0.1) is 0 Å². The third kappa shape index (κ3) is 2.61. The highest BCUT2D eigenvalue weighted by molar-refractivity contribution is 9.10. The van der Waals surface area contributed by atoms with Gasteiger partial charge in [0.05, 0.1) is 15.9 Å². The van der Waals surface area contributed by atoms with Crippen LogP contribution in [0.15, 0.2) is 4.47 Å². The fraction of sp³-hybridized carbons (Fsp3) is 0.727. The predicted octanol–water partition coefficient (Wildman–Crippen LogP) is 2.04. The Morgan fingerprint density at radius 3 is 2.80 bits per heavy atom. The van der Waals surface area contributed by atoms with Crippen molar-refractivity contribution in [1.29, 1.82) is 0 Å². The summed E-state index contributed by atoms with van der Waals surface area (Å²) in [6.07, 6.45) is 4.75. The van der Waals surface area contributed by atoms with Gasteiger partial charge in [0.2, 0.25) is 0 Å². The Bertz CT molecular complexity index is 342. The second kappa shape index (κ2) is 4.66. The molecule has 0 spiro atoms. The van der Waals surface area contributed by atoms with Gasteiger partial charge in [-0.2, -0.15) is 5.10 Å². The summed E-state index contributed by atoms with van der Waals surface area (Å²) in [7, 11) is 2.02. The van der Waals surface area contributed by atoms with E-state index >= 15 is 0 Å². The standard InChI is InChI=1S/C11H18BrN3/c1-3-9-11(12)10(15(2)14-9)6-7-13-8-4-5-8/h8,13H,3-7H2,1-2H3. The van der Waals surface area contributed by atoms with Crippen LogP contribution in [0.25, 0.3) is 0 Å². The number of nitrogens with one attached hydrogen (secondary N) is 1. The first kappa shape index (κ1) is 11.1. The third-order valence-corrected chi connectivity index (χ3v) is 3.79. The molecule has 0 atom stereocenters. The molecule has 1 aliphatic carbocycles. The quantitative estimate of drug-likeness (QED) is 0.889. The average molecular weight is 272 g/mol. The second-order valence-electron chi connectivity index (χ2n) is 4.16. The lowest BCUT2D eigenvalue weighted by atomic mass is 10.2. The zero-order valence-corrected chi connectivity index (χ0v) is 11.0. The van der Waals surface area contributed by atoms with E-state index in [9.17, 15) is 0 Å². The van der Waals surface area contributed by atoms with Crippen molar-refractivity contribution in [2.75, 3.05) is 6.54 Å². The molecule has 0 saturated heterocycles. The van der Waals surface area contributed by atoms with Crippen LogP contribution in [0.1, 0.15) is 31.2 Å². The molecule has 1 fully saturated rings. The summed E-state index contributed by atoms with van der Waals surface area (Å²) >= 11 is 3.63. The average Bonchev–Trinajstić information content (AvgIpc) is 2.99. The normalized spacial score (nSPS) is 15.9. The molecule has 84 valence electrons. The van der Waals surface area contributed by atoms with Gasteiger partial charge in [-0.1, -0.05) is 6.92 Å². The molecular formula is C11H18BrN3. The van der Waals surface area contributed by atoms with Crippen molar-refractivity contribution < 1.29 is 0 Å². The van der Waals surface area contributed by atoms with Gasteiger partial charge in [-0.3, -0.25) is 4.68 Å². The van der Waals surface area contributed by atoms with Crippen LogP contribution in [0.2, 0.25) is 0 Å². The number of nitrogens with zero attached hydrogens (tertiary/aromatic N) is 2. The highest BCUT2D eigenvalue weighted by Gasteiger charge is 2.20. The topological polar surface area (TPSA) is 29.9 Å². The van der Waals surface area contributed by atoms with Crippen molar-refractivity contribution >= 4 is 15.9 Å². The van der Waals surface area contributed by atoms with Crippen LogP contribution < -0.4 is 5.32 Å². The maximum atomic E-state index is 4.48. The third-order valence-electron chi connectivity index (χ3n) is 2.88. The Balaban J connectivity index is 1.95. The molecule has 1 heterocycles. The summed E-state index contributed by atoms with van der Waals surface area (Å²) in [5, 5.41) is 8.01. The van der Waals surface area contributed by atoms with Crippen LogP contribution in [0.5, 0.6) is 0 Å². The predicted molar refractivity (Wildman–Crippen MR) is 65.0 cm³/mol. The molecule has 1 N–H and O–H groups in total. The molecule has 15 heavy (non-hydrogen) atoms. The fourth-order valence-electron chi connectivity index (χ4n) is 1.77. The fourth-order valence-corrected chi connectivity index (χ4v) is 2.59. The van der Waals surface area contributed by atoms with Gasteiger partial charge in [-0.15, -0.1) is 0 Å². The van der Waals surface area contributed by atoms with Crippen molar-refractivity contribution in [1.82, 2.24) is 15.1 Å². The van der Waals surface area contributed by atoms with Crippen LogP contribution >= 0.6 is 15.9 Å². The summed E-state index contributed by atoms with van der Waals surface area (Å²) in [6, 6.07) is 0.794. The number of halogens is 1. The molecule has 1 aliphatic rings. The van der Waals surface area contributed by atoms with Crippen molar-refractivity contribution in [2.24, 2.45) is 7.05 Å². The number of aryl methyl sites for hydroxylation is 2. The molecule has 0 amide bonds. The van der Waals surface area contributed by atoms with Crippen molar-refractivity contribution in [3.8, 4) is 0 Å². The van der Waals surface area contributed by atoms with E-state index in [4.69, 9.17) is 0 Å². The number of hydrogen-bond acceptors (Lipinski definition) is 2. The van der Waals surface area contributed by atoms with E-state index in [0.717, 1.165) is 25.4 Å². The molecule has 0 unspecified atom stereocenters. The van der Waals surface area contributed by atoms with E-state index in [1.165, 1.54) is 28.7 Å². The van der Waals surface area contributed by atoms with Gasteiger partial charge in [0.1, 0.15) is 0 Å². The second-order valence-corrected chi connectivity index (χ2v) is 4.96. The SMILES string of the molecule is CCc1nn(C)c(CCNC2CC2)c1Br. The molecule has 4 heteroatoms. The molecule has 1 saturated carbocycles. The zero-order chi connectivity index (χ0) is 10.8. The summed E-state index contributed by atoms with van der Waals surface area (Å²) in [5.41, 5.74) is 2.47. The minimum absolute atomic E-state index is 0.794. The Labute approximate surface area is 99.4 Å². The highest BCUT2D eigenvalue weighted by atomic mass is 79.9. The summed E-state index contributed by atoms with van der Waals surface area (Å²) in [5.74, 6) is 0. The van der Waals surface area contributed by atoms with Crippen molar-refractivity contribution in [2.45, 2.75) is 38.6 Å². The van der Waals surface area contributed by atoms with Gasteiger partial charge in [0, 0.05) is 26.1 Å². The largest absolute Gasteiger partial charge is 0.314 e. The molecule has 1 aromatic rings. The zero-order valence-electron chi connectivity index (χ0n) is 9.39. The molecule has 1 aromatic heterocycles. The Morgan fingerprint density at radius 1 is 1.53 bits per heavy atom. The van der Waals surface area contributed by atoms with Gasteiger partial charge in [-0.25, -0.2) is 0 Å². The lowest BCUT2D eigenvalue weighted by Crippen LogP contribution is -2.20. The first-order valence-electron chi connectivity index (χ1n) is 5.66. The van der Waals surface area contributed by atoms with Crippen LogP contribution in [-0.2, 0) is 19.9 Å². The lowest BCUT2D eigenvalue weighted by molar-refractivity contribution is 0.637. The minimum atomic E-state index is 0.794.